The van der Waals surface area contributed by atoms with E-state index in [0.717, 1.165) is 44.9 Å². The quantitative estimate of drug-likeness (QED) is 0.0261. The van der Waals surface area contributed by atoms with Gasteiger partial charge in [-0.05, 0) is 44.9 Å². The van der Waals surface area contributed by atoms with E-state index in [9.17, 15) is 45.6 Å². The van der Waals surface area contributed by atoms with Crippen LogP contribution < -0.4 is 5.32 Å². The van der Waals surface area contributed by atoms with Crippen LogP contribution in [0.4, 0.5) is 0 Å². The van der Waals surface area contributed by atoms with Gasteiger partial charge in [-0.1, -0.05) is 159 Å². The standard InChI is InChI=1S/C49H89NO13/c1-3-5-7-9-11-13-15-17-18-19-20-21-22-24-26-28-30-32-38(53)37(50-41(54)33-31-29-27-25-23-16-14-12-10-8-6-4-2)36-60-48-46(59)44(57)47(40(35-52)62-48)63-49-45(58)43(56)42(55)39(34-51)61-49/h18-19,22,24,30,32,37-40,42-49,51-53,55-59H,3-17,20-21,23,25-29,31,33-36H2,1-2H3,(H,50,54)/b19-18+,24-22+,32-30+. The Labute approximate surface area is 379 Å². The van der Waals surface area contributed by atoms with Crippen molar-refractivity contribution in [1.82, 2.24) is 5.32 Å². The van der Waals surface area contributed by atoms with Gasteiger partial charge < -0.3 is 65.1 Å². The number of hydrogen-bond donors (Lipinski definition) is 9. The second kappa shape index (κ2) is 36.3. The summed E-state index contributed by atoms with van der Waals surface area (Å²) >= 11 is 0. The van der Waals surface area contributed by atoms with E-state index in [-0.39, 0.29) is 18.9 Å². The van der Waals surface area contributed by atoms with Gasteiger partial charge in [0.05, 0.1) is 32.0 Å². The fourth-order valence-corrected chi connectivity index (χ4v) is 7.97. The summed E-state index contributed by atoms with van der Waals surface area (Å²) in [5, 5.41) is 86.6. The van der Waals surface area contributed by atoms with E-state index >= 15 is 0 Å². The second-order valence-corrected chi connectivity index (χ2v) is 17.6. The minimum absolute atomic E-state index is 0.256. The first kappa shape index (κ1) is 57.3. The highest BCUT2D eigenvalue weighted by Gasteiger charge is 2.51. The van der Waals surface area contributed by atoms with Crippen LogP contribution >= 0.6 is 0 Å². The Balaban J connectivity index is 1.89. The highest BCUT2D eigenvalue weighted by molar-refractivity contribution is 5.76. The molecule has 0 aromatic carbocycles. The Bertz CT molecular complexity index is 1200. The van der Waals surface area contributed by atoms with Crippen molar-refractivity contribution in [3.63, 3.8) is 0 Å². The van der Waals surface area contributed by atoms with Crippen LogP contribution in [0.15, 0.2) is 36.5 Å². The van der Waals surface area contributed by atoms with Crippen LogP contribution in [0.3, 0.4) is 0 Å². The summed E-state index contributed by atoms with van der Waals surface area (Å²) in [5.41, 5.74) is 0. The molecular weight excluding hydrogens is 811 g/mol. The number of nitrogens with one attached hydrogen (secondary N) is 1. The van der Waals surface area contributed by atoms with Gasteiger partial charge in [0, 0.05) is 6.42 Å². The number of hydrogen-bond acceptors (Lipinski definition) is 13. The summed E-state index contributed by atoms with van der Waals surface area (Å²) in [6, 6.07) is -0.932. The van der Waals surface area contributed by atoms with Crippen LogP contribution in [-0.4, -0.2) is 140 Å². The molecule has 9 N–H and O–H groups in total. The molecule has 14 heteroatoms. The summed E-state index contributed by atoms with van der Waals surface area (Å²) in [4.78, 5) is 13.1. The number of ether oxygens (including phenoxy) is 4. The number of aliphatic hydroxyl groups is 8. The number of allylic oxidation sites excluding steroid dienone is 5. The van der Waals surface area contributed by atoms with Crippen LogP contribution in [0.2, 0.25) is 0 Å². The molecule has 63 heavy (non-hydrogen) atoms. The zero-order valence-electron chi connectivity index (χ0n) is 38.8. The Hall–Kier alpha value is -1.79. The summed E-state index contributed by atoms with van der Waals surface area (Å²) < 4.78 is 22.6. The molecule has 0 spiro atoms. The van der Waals surface area contributed by atoms with E-state index in [0.29, 0.717) is 12.8 Å². The van der Waals surface area contributed by atoms with Gasteiger partial charge in [0.25, 0.3) is 0 Å². The molecule has 0 radical (unpaired) electrons. The van der Waals surface area contributed by atoms with E-state index in [1.165, 1.54) is 96.3 Å². The van der Waals surface area contributed by atoms with Gasteiger partial charge >= 0.3 is 0 Å². The highest BCUT2D eigenvalue weighted by atomic mass is 16.7. The molecule has 2 saturated heterocycles. The van der Waals surface area contributed by atoms with Crippen molar-refractivity contribution in [2.24, 2.45) is 0 Å². The third-order valence-electron chi connectivity index (χ3n) is 12.1. The summed E-state index contributed by atoms with van der Waals surface area (Å²) in [6.07, 6.45) is 23.3. The second-order valence-electron chi connectivity index (χ2n) is 17.6. The number of unbranched alkanes of at least 4 members (excludes halogenated alkanes) is 20. The SMILES string of the molecule is CCCCCCCCC/C=C/CC/C=C/CC/C=C/C(O)C(COC1OC(CO)C(OC2OC(CO)C(O)C(O)C2O)C(O)C1O)NC(=O)CCCCCCCCCCCCCC. The van der Waals surface area contributed by atoms with Gasteiger partial charge in [0.2, 0.25) is 5.91 Å². The van der Waals surface area contributed by atoms with Crippen LogP contribution in [0.25, 0.3) is 0 Å². The Morgan fingerprint density at radius 2 is 1.02 bits per heavy atom. The zero-order chi connectivity index (χ0) is 46.1. The van der Waals surface area contributed by atoms with Crippen molar-refractivity contribution < 1.29 is 64.6 Å². The first-order valence-electron chi connectivity index (χ1n) is 24.7. The Morgan fingerprint density at radius 3 is 1.56 bits per heavy atom. The van der Waals surface area contributed by atoms with E-state index in [4.69, 9.17) is 18.9 Å². The number of amides is 1. The predicted molar refractivity (Wildman–Crippen MR) is 244 cm³/mol. The normalized spacial score (nSPS) is 27.8. The molecule has 2 rings (SSSR count). The fourth-order valence-electron chi connectivity index (χ4n) is 7.97. The van der Waals surface area contributed by atoms with Crippen molar-refractivity contribution in [2.45, 2.75) is 248 Å². The van der Waals surface area contributed by atoms with Crippen LogP contribution in [-0.2, 0) is 23.7 Å². The van der Waals surface area contributed by atoms with Crippen molar-refractivity contribution in [1.29, 1.82) is 0 Å². The van der Waals surface area contributed by atoms with Crippen LogP contribution in [0.5, 0.6) is 0 Å². The van der Waals surface area contributed by atoms with Gasteiger partial charge in [0.1, 0.15) is 48.8 Å². The van der Waals surface area contributed by atoms with Crippen molar-refractivity contribution in [2.75, 3.05) is 19.8 Å². The number of carbonyl (C=O) groups excluding carboxylic acids is 1. The van der Waals surface area contributed by atoms with E-state index in [1.54, 1.807) is 6.08 Å². The summed E-state index contributed by atoms with van der Waals surface area (Å²) in [6.45, 7) is 2.73. The minimum Gasteiger partial charge on any atom is -0.394 e. The number of rotatable bonds is 37. The van der Waals surface area contributed by atoms with Gasteiger partial charge in [-0.3, -0.25) is 4.79 Å². The maximum absolute atomic E-state index is 13.1. The number of aliphatic hydroxyl groups excluding tert-OH is 8. The van der Waals surface area contributed by atoms with Crippen molar-refractivity contribution in [3.05, 3.63) is 36.5 Å². The molecule has 368 valence electrons. The van der Waals surface area contributed by atoms with Crippen molar-refractivity contribution >= 4 is 5.91 Å². The molecular formula is C49H89NO13. The van der Waals surface area contributed by atoms with Crippen LogP contribution in [0, 0.1) is 0 Å². The van der Waals surface area contributed by atoms with E-state index in [2.05, 4.69) is 43.5 Å². The average Bonchev–Trinajstić information content (AvgIpc) is 3.28. The summed E-state index contributed by atoms with van der Waals surface area (Å²) in [7, 11) is 0. The lowest BCUT2D eigenvalue weighted by atomic mass is 9.97. The van der Waals surface area contributed by atoms with E-state index in [1.807, 2.05) is 6.08 Å². The maximum atomic E-state index is 13.1. The van der Waals surface area contributed by atoms with Gasteiger partial charge in [0.15, 0.2) is 12.6 Å². The minimum atomic E-state index is -1.79. The first-order chi connectivity index (χ1) is 30.6. The molecule has 2 aliphatic rings. The Kier molecular flexibility index (Phi) is 33.1. The molecule has 1 amide bonds. The molecule has 0 aromatic rings. The monoisotopic (exact) mass is 900 g/mol. The molecule has 0 aromatic heterocycles. The van der Waals surface area contributed by atoms with Gasteiger partial charge in [-0.2, -0.15) is 0 Å². The molecule has 12 unspecified atom stereocenters. The highest BCUT2D eigenvalue weighted by Crippen LogP contribution is 2.30. The molecule has 2 heterocycles. The molecule has 12 atom stereocenters. The largest absolute Gasteiger partial charge is 0.394 e. The van der Waals surface area contributed by atoms with E-state index < -0.39 is 86.8 Å². The average molecular weight is 900 g/mol. The van der Waals surface area contributed by atoms with Crippen molar-refractivity contribution in [3.8, 4) is 0 Å². The van der Waals surface area contributed by atoms with Gasteiger partial charge in [-0.15, -0.1) is 0 Å². The fraction of sp³-hybridized carbons (Fsp3) is 0.857. The molecule has 14 nitrogen and oxygen atoms in total. The smallest absolute Gasteiger partial charge is 0.220 e. The lowest BCUT2D eigenvalue weighted by Crippen LogP contribution is -2.65. The third-order valence-corrected chi connectivity index (χ3v) is 12.1. The molecule has 0 bridgehead atoms. The number of carbonyl (C=O) groups is 1. The topological polar surface area (TPSA) is 228 Å². The molecule has 2 aliphatic heterocycles. The lowest BCUT2D eigenvalue weighted by Gasteiger charge is -2.46. The maximum Gasteiger partial charge on any atom is 0.220 e. The molecule has 2 fully saturated rings. The molecule has 0 saturated carbocycles. The first-order valence-corrected chi connectivity index (χ1v) is 24.7. The third kappa shape index (κ3) is 24.0. The lowest BCUT2D eigenvalue weighted by molar-refractivity contribution is -0.359. The van der Waals surface area contributed by atoms with Gasteiger partial charge in [-0.25, -0.2) is 0 Å². The summed E-state index contributed by atoms with van der Waals surface area (Å²) in [5.74, 6) is -0.256. The molecule has 0 aliphatic carbocycles. The Morgan fingerprint density at radius 1 is 0.556 bits per heavy atom. The predicted octanol–water partition coefficient (Wildman–Crippen LogP) is 5.93. The zero-order valence-corrected chi connectivity index (χ0v) is 38.8. The van der Waals surface area contributed by atoms with Crippen LogP contribution in [0.1, 0.15) is 174 Å².